The molecular weight excluding hydrogens is 464 g/mol. The molecule has 0 saturated carbocycles. The van der Waals surface area contributed by atoms with Crippen molar-refractivity contribution in [3.05, 3.63) is 0 Å². The molecule has 52 valence electrons. The van der Waals surface area contributed by atoms with Crippen LogP contribution in [-0.2, 0) is 68.3 Å². The summed E-state index contributed by atoms with van der Waals surface area (Å²) in [5.74, 6) is 0. The van der Waals surface area contributed by atoms with Crippen LogP contribution < -0.4 is 7.52 Å². The molecule has 0 aliphatic heterocycles. The first-order valence-corrected chi connectivity index (χ1v) is 5.46. The standard InChI is InChI=1S/2Ag.4O.W/q2*+1;;;2*-1;. The molecule has 7 heteroatoms. The number of hydrogen-bond donors (Lipinski definition) is 0. The Kier molecular flexibility index (Phi) is 13.2. The van der Waals surface area contributed by atoms with Gasteiger partial charge in [-0.3, -0.25) is 0 Å². The van der Waals surface area contributed by atoms with Gasteiger partial charge in [0.05, 0.1) is 0 Å². The van der Waals surface area contributed by atoms with E-state index in [4.69, 9.17) is 14.3 Å². The maximum atomic E-state index is 8.65. The third kappa shape index (κ3) is 87.2. The Bertz CT molecular complexity index is 92.9. The molecular formula is Ag2O4W. The van der Waals surface area contributed by atoms with Crippen LogP contribution in [0.15, 0.2) is 0 Å². The van der Waals surface area contributed by atoms with Gasteiger partial charge in [-0.05, 0) is 0 Å². The van der Waals surface area contributed by atoms with Gasteiger partial charge in [0.1, 0.15) is 0 Å². The summed E-state index contributed by atoms with van der Waals surface area (Å²) in [5, 5.41) is 0. The molecule has 0 N–H and O–H groups in total. The molecule has 0 aromatic heterocycles. The fourth-order valence-corrected chi connectivity index (χ4v) is 0. The molecule has 0 aromatic rings. The third-order valence-corrected chi connectivity index (χ3v) is 0. The fraction of sp³-hybridized carbons (Fsp3) is 0. The quantitative estimate of drug-likeness (QED) is 0.369. The van der Waals surface area contributed by atoms with Crippen LogP contribution in [0.5, 0.6) is 0 Å². The van der Waals surface area contributed by atoms with E-state index in [1.54, 1.807) is 0 Å². The second kappa shape index (κ2) is 5.82. The first kappa shape index (κ1) is 15.9. The first-order chi connectivity index (χ1) is 2.00. The Hall–Kier alpha value is 1.69. The Balaban J connectivity index is -0.0000000800. The summed E-state index contributed by atoms with van der Waals surface area (Å²) < 4.78 is 34.6. The van der Waals surface area contributed by atoms with Crippen molar-refractivity contribution in [2.45, 2.75) is 0 Å². The van der Waals surface area contributed by atoms with Gasteiger partial charge in [0.2, 0.25) is 0 Å². The molecule has 0 rings (SSSR count). The molecule has 0 saturated heterocycles. The molecule has 0 bridgehead atoms. The minimum atomic E-state index is -6.17. The van der Waals surface area contributed by atoms with Crippen molar-refractivity contribution in [3.8, 4) is 0 Å². The zero-order valence-electron chi connectivity index (χ0n) is 2.64. The second-order valence-electron chi connectivity index (χ2n) is 0.408. The molecule has 7 heavy (non-hydrogen) atoms. The van der Waals surface area contributed by atoms with E-state index in [-0.39, 0.29) is 44.8 Å². The van der Waals surface area contributed by atoms with Crippen molar-refractivity contribution in [2.24, 2.45) is 0 Å². The van der Waals surface area contributed by atoms with Crippen molar-refractivity contribution in [1.82, 2.24) is 0 Å². The molecule has 0 fully saturated rings. The monoisotopic (exact) mass is 462 g/mol. The summed E-state index contributed by atoms with van der Waals surface area (Å²) >= 11 is -6.17. The Morgan fingerprint density at radius 3 is 1.00 bits per heavy atom. The average molecular weight is 464 g/mol. The minimum absolute atomic E-state index is 0. The number of hydrogen-bond acceptors (Lipinski definition) is 4. The SMILES string of the molecule is [Ag+].[Ag+].[O]=[W](=[O])([O-])[O-]. The van der Waals surface area contributed by atoms with Crippen LogP contribution in [0.1, 0.15) is 0 Å². The molecule has 0 aromatic carbocycles. The van der Waals surface area contributed by atoms with E-state index in [0.717, 1.165) is 0 Å². The number of rotatable bonds is 0. The average Bonchev–Trinajstić information content (AvgIpc) is 0.722. The van der Waals surface area contributed by atoms with Gasteiger partial charge < -0.3 is 0 Å². The summed E-state index contributed by atoms with van der Waals surface area (Å²) in [6.07, 6.45) is 0. The third-order valence-electron chi connectivity index (χ3n) is 0. The van der Waals surface area contributed by atoms with Crippen LogP contribution in [-0.4, -0.2) is 0 Å². The molecule has 0 amide bonds. The van der Waals surface area contributed by atoms with Crippen LogP contribution in [0.3, 0.4) is 0 Å². The van der Waals surface area contributed by atoms with E-state index in [9.17, 15) is 0 Å². The maximum absolute atomic E-state index is 8.65. The topological polar surface area (TPSA) is 80.3 Å². The van der Waals surface area contributed by atoms with Crippen molar-refractivity contribution < 1.29 is 75.8 Å². The van der Waals surface area contributed by atoms with E-state index in [1.165, 1.54) is 0 Å². The molecule has 0 heterocycles. The van der Waals surface area contributed by atoms with Gasteiger partial charge in [0, 0.05) is 0 Å². The molecule has 4 nitrogen and oxygen atoms in total. The van der Waals surface area contributed by atoms with E-state index in [0.29, 0.717) is 0 Å². The molecule has 0 radical (unpaired) electrons. The molecule has 0 unspecified atom stereocenters. The van der Waals surface area contributed by atoms with Crippen LogP contribution in [0, 0.1) is 0 Å². The van der Waals surface area contributed by atoms with Gasteiger partial charge in [-0.15, -0.1) is 0 Å². The van der Waals surface area contributed by atoms with Gasteiger partial charge in [-0.2, -0.15) is 0 Å². The molecule has 0 aliphatic carbocycles. The first-order valence-electron chi connectivity index (χ1n) is 0.667. The Labute approximate surface area is 75.0 Å². The summed E-state index contributed by atoms with van der Waals surface area (Å²) in [5.41, 5.74) is 0. The van der Waals surface area contributed by atoms with Gasteiger partial charge in [0.15, 0.2) is 0 Å². The molecule has 0 atom stereocenters. The predicted octanol–water partition coefficient (Wildman–Crippen LogP) is -2.62. The van der Waals surface area contributed by atoms with Crippen LogP contribution >= 0.6 is 0 Å². The van der Waals surface area contributed by atoms with Gasteiger partial charge in [-0.25, -0.2) is 0 Å². The van der Waals surface area contributed by atoms with E-state index in [2.05, 4.69) is 0 Å². The van der Waals surface area contributed by atoms with Crippen LogP contribution in [0.4, 0.5) is 0 Å². The summed E-state index contributed by atoms with van der Waals surface area (Å²) in [7, 11) is 0. The van der Waals surface area contributed by atoms with Gasteiger partial charge in [-0.1, -0.05) is 0 Å². The van der Waals surface area contributed by atoms with Crippen LogP contribution in [0.25, 0.3) is 0 Å². The fourth-order valence-electron chi connectivity index (χ4n) is 0. The van der Waals surface area contributed by atoms with Gasteiger partial charge in [0.25, 0.3) is 0 Å². The van der Waals surface area contributed by atoms with Gasteiger partial charge >= 0.3 is 75.8 Å². The second-order valence-corrected chi connectivity index (χ2v) is 3.34. The predicted molar refractivity (Wildman–Crippen MR) is 1.37 cm³/mol. The zero-order chi connectivity index (χ0) is 4.50. The zero-order valence-corrected chi connectivity index (χ0v) is 8.54. The van der Waals surface area contributed by atoms with Crippen molar-refractivity contribution >= 4 is 0 Å². The van der Waals surface area contributed by atoms with Crippen molar-refractivity contribution in [1.29, 1.82) is 0 Å². The van der Waals surface area contributed by atoms with E-state index >= 15 is 0 Å². The van der Waals surface area contributed by atoms with E-state index in [1.807, 2.05) is 0 Å². The normalized spacial score (nSPS) is 8.29. The molecule has 0 aliphatic rings. The van der Waals surface area contributed by atoms with Crippen LogP contribution in [0.2, 0.25) is 0 Å². The summed E-state index contributed by atoms with van der Waals surface area (Å²) in [6.45, 7) is 0. The van der Waals surface area contributed by atoms with E-state index < -0.39 is 16.7 Å². The molecule has 0 spiro atoms. The Morgan fingerprint density at radius 1 is 1.00 bits per heavy atom. The Morgan fingerprint density at radius 2 is 1.00 bits per heavy atom. The summed E-state index contributed by atoms with van der Waals surface area (Å²) in [4.78, 5) is 0. The van der Waals surface area contributed by atoms with Crippen molar-refractivity contribution in [2.75, 3.05) is 0 Å². The van der Waals surface area contributed by atoms with Crippen molar-refractivity contribution in [3.63, 3.8) is 0 Å². The summed E-state index contributed by atoms with van der Waals surface area (Å²) in [6, 6.07) is 0.